The van der Waals surface area contributed by atoms with Gasteiger partial charge in [0.15, 0.2) is 0 Å². The Balaban J connectivity index is 2.56. The second kappa shape index (κ2) is 3.04. The molecule has 0 fully saturated rings. The highest BCUT2D eigenvalue weighted by Crippen LogP contribution is 2.28. The minimum Gasteiger partial charge on any atom is -0.311 e. The van der Waals surface area contributed by atoms with Gasteiger partial charge in [-0.05, 0) is 49.4 Å². The fraction of sp³-hybridized carbons (Fsp3) is 0.455. The zero-order chi connectivity index (χ0) is 9.42. The van der Waals surface area contributed by atoms with E-state index in [1.54, 1.807) is 0 Å². The van der Waals surface area contributed by atoms with E-state index in [2.05, 4.69) is 26.0 Å². The van der Waals surface area contributed by atoms with E-state index in [0.29, 0.717) is 0 Å². The highest BCUT2D eigenvalue weighted by molar-refractivity contribution is 5.59. The van der Waals surface area contributed by atoms with Crippen LogP contribution >= 0.6 is 0 Å². The van der Waals surface area contributed by atoms with E-state index in [1.807, 2.05) is 5.01 Å². The molecule has 1 aromatic rings. The van der Waals surface area contributed by atoms with Crippen LogP contribution in [0.15, 0.2) is 12.1 Å². The quantitative estimate of drug-likeness (QED) is 0.612. The summed E-state index contributed by atoms with van der Waals surface area (Å²) in [5.74, 6) is 5.92. The van der Waals surface area contributed by atoms with Crippen molar-refractivity contribution in [3.8, 4) is 0 Å². The molecule has 2 nitrogen and oxygen atoms in total. The number of hydrogen-bond acceptors (Lipinski definition) is 2. The predicted molar refractivity (Wildman–Crippen MR) is 55.8 cm³/mol. The van der Waals surface area contributed by atoms with Crippen molar-refractivity contribution >= 4 is 5.69 Å². The van der Waals surface area contributed by atoms with Crippen molar-refractivity contribution < 1.29 is 0 Å². The van der Waals surface area contributed by atoms with Crippen molar-refractivity contribution in [1.82, 2.24) is 0 Å². The molecular formula is C11H16N2. The van der Waals surface area contributed by atoms with E-state index >= 15 is 0 Å². The van der Waals surface area contributed by atoms with Crippen LogP contribution in [0.1, 0.15) is 23.1 Å². The normalized spacial score (nSPS) is 15.8. The predicted octanol–water partition coefficient (Wildman–Crippen LogP) is 1.93. The average Bonchev–Trinajstić information content (AvgIpc) is 2.07. The number of nitrogens with zero attached hydrogens (tertiary/aromatic N) is 1. The van der Waals surface area contributed by atoms with Crippen molar-refractivity contribution in [2.45, 2.75) is 26.7 Å². The molecule has 0 saturated heterocycles. The van der Waals surface area contributed by atoms with E-state index in [0.717, 1.165) is 6.54 Å². The molecule has 0 spiro atoms. The third-order valence-electron chi connectivity index (χ3n) is 2.73. The lowest BCUT2D eigenvalue weighted by molar-refractivity contribution is 0.710. The van der Waals surface area contributed by atoms with Gasteiger partial charge in [0, 0.05) is 6.54 Å². The van der Waals surface area contributed by atoms with Crippen LogP contribution in [0.25, 0.3) is 0 Å². The summed E-state index contributed by atoms with van der Waals surface area (Å²) in [6.07, 6.45) is 2.35. The first kappa shape index (κ1) is 8.57. The molecule has 0 bridgehead atoms. The Hall–Kier alpha value is -1.02. The summed E-state index contributed by atoms with van der Waals surface area (Å²) < 4.78 is 0. The fourth-order valence-electron chi connectivity index (χ4n) is 2.10. The average molecular weight is 176 g/mol. The van der Waals surface area contributed by atoms with E-state index in [9.17, 15) is 0 Å². The molecule has 0 saturated carbocycles. The fourth-order valence-corrected chi connectivity index (χ4v) is 2.10. The Bertz CT molecular complexity index is 331. The molecule has 0 radical (unpaired) electrons. The number of anilines is 1. The van der Waals surface area contributed by atoms with Gasteiger partial charge in [0.1, 0.15) is 0 Å². The number of rotatable bonds is 0. The van der Waals surface area contributed by atoms with Crippen LogP contribution in [0.3, 0.4) is 0 Å². The van der Waals surface area contributed by atoms with Crippen molar-refractivity contribution in [1.29, 1.82) is 0 Å². The lowest BCUT2D eigenvalue weighted by Crippen LogP contribution is -2.36. The zero-order valence-electron chi connectivity index (χ0n) is 8.30. The van der Waals surface area contributed by atoms with E-state index in [4.69, 9.17) is 5.84 Å². The lowest BCUT2D eigenvalue weighted by atomic mass is 9.96. The molecule has 1 aliphatic heterocycles. The third kappa shape index (κ3) is 1.42. The smallest absolute Gasteiger partial charge is 0.0554 e. The van der Waals surface area contributed by atoms with Crippen molar-refractivity contribution in [2.24, 2.45) is 5.84 Å². The molecule has 1 heterocycles. The Labute approximate surface area is 79.3 Å². The van der Waals surface area contributed by atoms with E-state index < -0.39 is 0 Å². The number of aryl methyl sites for hydroxylation is 2. The number of nitrogens with two attached hydrogens (primary N) is 1. The summed E-state index contributed by atoms with van der Waals surface area (Å²) in [5, 5.41) is 1.87. The molecule has 0 aliphatic carbocycles. The Morgan fingerprint density at radius 2 is 2.08 bits per heavy atom. The molecule has 1 aromatic carbocycles. The van der Waals surface area contributed by atoms with E-state index in [1.165, 1.54) is 35.2 Å². The van der Waals surface area contributed by atoms with Gasteiger partial charge in [0.05, 0.1) is 5.69 Å². The van der Waals surface area contributed by atoms with Gasteiger partial charge in [-0.3, -0.25) is 0 Å². The lowest BCUT2D eigenvalue weighted by Gasteiger charge is -2.28. The first-order valence-corrected chi connectivity index (χ1v) is 4.81. The third-order valence-corrected chi connectivity index (χ3v) is 2.73. The minimum atomic E-state index is 0.982. The number of hydrazine groups is 1. The molecule has 0 atom stereocenters. The van der Waals surface area contributed by atoms with Gasteiger partial charge in [-0.15, -0.1) is 0 Å². The summed E-state index contributed by atoms with van der Waals surface area (Å²) in [4.78, 5) is 0. The molecular weight excluding hydrogens is 160 g/mol. The first-order valence-electron chi connectivity index (χ1n) is 4.81. The summed E-state index contributed by atoms with van der Waals surface area (Å²) in [6.45, 7) is 5.27. The first-order chi connectivity index (χ1) is 6.18. The second-order valence-electron chi connectivity index (χ2n) is 3.88. The van der Waals surface area contributed by atoms with Gasteiger partial charge in [0.2, 0.25) is 0 Å². The van der Waals surface area contributed by atoms with Crippen LogP contribution < -0.4 is 10.9 Å². The highest BCUT2D eigenvalue weighted by Gasteiger charge is 2.15. The van der Waals surface area contributed by atoms with Gasteiger partial charge < -0.3 is 5.01 Å². The van der Waals surface area contributed by atoms with E-state index in [-0.39, 0.29) is 0 Å². The topological polar surface area (TPSA) is 29.3 Å². The van der Waals surface area contributed by atoms with Gasteiger partial charge >= 0.3 is 0 Å². The summed E-state index contributed by atoms with van der Waals surface area (Å²) in [6, 6.07) is 4.42. The standard InChI is InChI=1S/C11H16N2/c1-8-6-9(2)10-4-3-5-13(12)11(10)7-8/h6-7H,3-5,12H2,1-2H3. The summed E-state index contributed by atoms with van der Waals surface area (Å²) >= 11 is 0. The number of fused-ring (bicyclic) bond motifs is 1. The van der Waals surface area contributed by atoms with Gasteiger partial charge in [-0.25, -0.2) is 5.84 Å². The minimum absolute atomic E-state index is 0.982. The van der Waals surface area contributed by atoms with Crippen LogP contribution in [0.5, 0.6) is 0 Å². The van der Waals surface area contributed by atoms with Gasteiger partial charge in [-0.2, -0.15) is 0 Å². The monoisotopic (exact) mass is 176 g/mol. The molecule has 0 amide bonds. The van der Waals surface area contributed by atoms with Crippen LogP contribution in [0, 0.1) is 13.8 Å². The van der Waals surface area contributed by atoms with Gasteiger partial charge in [0.25, 0.3) is 0 Å². The number of benzene rings is 1. The van der Waals surface area contributed by atoms with Crippen LogP contribution in [0.4, 0.5) is 5.69 Å². The maximum absolute atomic E-state index is 5.92. The van der Waals surface area contributed by atoms with Crippen LogP contribution in [-0.2, 0) is 6.42 Å². The van der Waals surface area contributed by atoms with Gasteiger partial charge in [-0.1, -0.05) is 6.07 Å². The number of hydrogen-bond donors (Lipinski definition) is 1. The second-order valence-corrected chi connectivity index (χ2v) is 3.88. The van der Waals surface area contributed by atoms with Crippen LogP contribution in [0.2, 0.25) is 0 Å². The molecule has 1 aliphatic rings. The molecule has 2 heteroatoms. The van der Waals surface area contributed by atoms with Crippen LogP contribution in [-0.4, -0.2) is 6.54 Å². The molecule has 2 rings (SSSR count). The molecule has 0 aromatic heterocycles. The van der Waals surface area contributed by atoms with Crippen molar-refractivity contribution in [3.63, 3.8) is 0 Å². The zero-order valence-corrected chi connectivity index (χ0v) is 8.30. The molecule has 2 N–H and O–H groups in total. The maximum atomic E-state index is 5.92. The Morgan fingerprint density at radius 1 is 1.31 bits per heavy atom. The Kier molecular flexibility index (Phi) is 2.00. The molecule has 70 valence electrons. The molecule has 13 heavy (non-hydrogen) atoms. The molecule has 0 unspecified atom stereocenters. The van der Waals surface area contributed by atoms with Crippen molar-refractivity contribution in [3.05, 3.63) is 28.8 Å². The largest absolute Gasteiger partial charge is 0.311 e. The highest BCUT2D eigenvalue weighted by atomic mass is 15.4. The Morgan fingerprint density at radius 3 is 2.85 bits per heavy atom. The summed E-state index contributed by atoms with van der Waals surface area (Å²) in [7, 11) is 0. The maximum Gasteiger partial charge on any atom is 0.0554 e. The SMILES string of the molecule is Cc1cc(C)c2c(c1)N(N)CCC2. The van der Waals surface area contributed by atoms with Crippen molar-refractivity contribution in [2.75, 3.05) is 11.6 Å². The summed E-state index contributed by atoms with van der Waals surface area (Å²) in [5.41, 5.74) is 5.34.